The van der Waals surface area contributed by atoms with Crippen LogP contribution in [-0.4, -0.2) is 28.0 Å². The second-order valence-corrected chi connectivity index (χ2v) is 8.78. The average molecular weight is 462 g/mol. The smallest absolute Gasteiger partial charge is 0.351 e. The lowest BCUT2D eigenvalue weighted by Gasteiger charge is -2.07. The Hall–Kier alpha value is -4.48. The zero-order valence-electron chi connectivity index (χ0n) is 17.6. The Labute approximate surface area is 194 Å². The second-order valence-electron chi connectivity index (χ2n) is 7.82. The monoisotopic (exact) mass is 462 g/mol. The summed E-state index contributed by atoms with van der Waals surface area (Å²) in [5.74, 6) is -0.205. The first-order valence-electron chi connectivity index (χ1n) is 10.5. The van der Waals surface area contributed by atoms with Gasteiger partial charge in [0.1, 0.15) is 16.7 Å². The van der Waals surface area contributed by atoms with Crippen molar-refractivity contribution >= 4 is 36.1 Å². The molecule has 0 atom stereocenters. The van der Waals surface area contributed by atoms with Gasteiger partial charge in [-0.05, 0) is 60.2 Å². The maximum absolute atomic E-state index is 12.4. The summed E-state index contributed by atoms with van der Waals surface area (Å²) in [5.41, 5.74) is 4.92. The highest BCUT2D eigenvalue weighted by Crippen LogP contribution is 2.43. The van der Waals surface area contributed by atoms with Crippen molar-refractivity contribution in [1.82, 2.24) is 0 Å². The molecule has 162 valence electrons. The van der Waals surface area contributed by atoms with Gasteiger partial charge in [-0.25, -0.2) is 29.1 Å². The molecule has 0 spiro atoms. The molecule has 0 aliphatic carbocycles. The Morgan fingerprint density at radius 3 is 1.94 bits per heavy atom. The lowest BCUT2D eigenvalue weighted by Crippen LogP contribution is -2.01. The molecular weight excluding hydrogens is 447 g/mol. The Balaban J connectivity index is 1.64. The second kappa shape index (κ2) is 7.83. The number of allylic oxidation sites excluding steroid dienone is 11. The van der Waals surface area contributed by atoms with Crippen LogP contribution in [0.15, 0.2) is 139 Å². The molecule has 5 aliphatic heterocycles. The lowest BCUT2D eigenvalue weighted by molar-refractivity contribution is 0.439. The fourth-order valence-electron chi connectivity index (χ4n) is 4.07. The SMILES string of the molecule is O=P(=O)C1=C(c2ccccc2)C2=C(O)C3=NC(=CC4=NC(=CC5=NC(=CC1=N2)C=C5)C=C4)C=C3. The van der Waals surface area contributed by atoms with Crippen LogP contribution in [0.3, 0.4) is 0 Å². The van der Waals surface area contributed by atoms with Crippen LogP contribution in [-0.2, 0) is 9.13 Å². The van der Waals surface area contributed by atoms with Crippen LogP contribution < -0.4 is 0 Å². The van der Waals surface area contributed by atoms with E-state index in [0.717, 1.165) is 11.4 Å². The van der Waals surface area contributed by atoms with Gasteiger partial charge < -0.3 is 5.11 Å². The van der Waals surface area contributed by atoms with Gasteiger partial charge in [0.05, 0.1) is 34.2 Å². The van der Waals surface area contributed by atoms with Gasteiger partial charge in [-0.2, -0.15) is 0 Å². The number of aliphatic hydroxyl groups is 1. The quantitative estimate of drug-likeness (QED) is 0.588. The summed E-state index contributed by atoms with van der Waals surface area (Å²) in [4.78, 5) is 18.2. The van der Waals surface area contributed by atoms with Crippen molar-refractivity contribution in [2.24, 2.45) is 20.0 Å². The van der Waals surface area contributed by atoms with E-state index >= 15 is 0 Å². The summed E-state index contributed by atoms with van der Waals surface area (Å²) >= 11 is 0. The maximum Gasteiger partial charge on any atom is 0.351 e. The predicted molar refractivity (Wildman–Crippen MR) is 133 cm³/mol. The van der Waals surface area contributed by atoms with Crippen LogP contribution in [0.25, 0.3) is 5.57 Å². The van der Waals surface area contributed by atoms with Gasteiger partial charge in [0.2, 0.25) is 0 Å². The first kappa shape index (κ1) is 20.1. The van der Waals surface area contributed by atoms with Gasteiger partial charge in [0, 0.05) is 5.57 Å². The van der Waals surface area contributed by atoms with Gasteiger partial charge in [0.25, 0.3) is 0 Å². The van der Waals surface area contributed by atoms with Crippen LogP contribution >= 0.6 is 7.68 Å². The van der Waals surface area contributed by atoms with Gasteiger partial charge in [-0.1, -0.05) is 30.3 Å². The highest BCUT2D eigenvalue weighted by atomic mass is 31.1. The highest BCUT2D eigenvalue weighted by Gasteiger charge is 2.32. The van der Waals surface area contributed by atoms with E-state index in [-0.39, 0.29) is 22.5 Å². The molecule has 7 nitrogen and oxygen atoms in total. The molecule has 5 heterocycles. The number of nitrogens with zero attached hydrogens (tertiary/aromatic N) is 4. The first-order valence-corrected chi connectivity index (χ1v) is 11.7. The van der Waals surface area contributed by atoms with Crippen LogP contribution in [0, 0.1) is 0 Å². The molecule has 1 aromatic carbocycles. The molecule has 1 aromatic rings. The number of hydrogen-bond donors (Lipinski definition) is 1. The van der Waals surface area contributed by atoms with Crippen LogP contribution in [0.2, 0.25) is 0 Å². The Morgan fingerprint density at radius 2 is 1.26 bits per heavy atom. The van der Waals surface area contributed by atoms with E-state index in [1.54, 1.807) is 54.6 Å². The van der Waals surface area contributed by atoms with E-state index in [4.69, 9.17) is 0 Å². The van der Waals surface area contributed by atoms with Crippen molar-refractivity contribution in [2.75, 3.05) is 0 Å². The third-order valence-electron chi connectivity index (χ3n) is 5.56. The van der Waals surface area contributed by atoms with Crippen molar-refractivity contribution in [1.29, 1.82) is 0 Å². The summed E-state index contributed by atoms with van der Waals surface area (Å²) in [5, 5.41) is 11.2. The molecular formula is C26H15N4O3P. The molecule has 0 amide bonds. The number of hydrogen-bond acceptors (Lipinski definition) is 7. The maximum atomic E-state index is 12.4. The fraction of sp³-hybridized carbons (Fsp3) is 0. The number of fused-ring (bicyclic) bond motifs is 4. The summed E-state index contributed by atoms with van der Waals surface area (Å²) in [6, 6.07) is 9.02. The van der Waals surface area contributed by atoms with Gasteiger partial charge >= 0.3 is 7.68 Å². The van der Waals surface area contributed by atoms with Gasteiger partial charge in [0.15, 0.2) is 5.76 Å². The standard InChI is InChI=1S/C26H15N4O3P/c31-25-21-11-10-19(29-21)13-18-7-6-16(27-18)12-17-8-9-20(28-17)14-22-26(34(32)33)23(24(25)30-22)15-4-2-1-3-5-15/h1-14,31H. The van der Waals surface area contributed by atoms with Crippen molar-refractivity contribution in [3.8, 4) is 0 Å². The first-order chi connectivity index (χ1) is 16.5. The Morgan fingerprint density at radius 1 is 0.647 bits per heavy atom. The highest BCUT2D eigenvalue weighted by molar-refractivity contribution is 7.39. The van der Waals surface area contributed by atoms with Crippen molar-refractivity contribution < 1.29 is 14.2 Å². The largest absolute Gasteiger partial charge is 0.504 e. The fourth-order valence-corrected chi connectivity index (χ4v) is 4.79. The molecule has 0 saturated heterocycles. The molecule has 0 aromatic heterocycles. The number of aliphatic imine (C=N–C) groups is 4. The van der Waals surface area contributed by atoms with E-state index < -0.39 is 7.68 Å². The number of benzene rings is 1. The summed E-state index contributed by atoms with van der Waals surface area (Å²) in [7, 11) is -3.03. The zero-order chi connectivity index (χ0) is 23.2. The summed E-state index contributed by atoms with van der Waals surface area (Å²) in [6.07, 6.45) is 16.1. The number of rotatable bonds is 2. The van der Waals surface area contributed by atoms with Crippen molar-refractivity contribution in [2.45, 2.75) is 0 Å². The molecule has 0 saturated carbocycles. The molecule has 34 heavy (non-hydrogen) atoms. The minimum absolute atomic E-state index is 0.0286. The number of aliphatic hydroxyl groups excluding tert-OH is 1. The Kier molecular flexibility index (Phi) is 4.64. The molecule has 0 unspecified atom stereocenters. The molecule has 0 fully saturated rings. The third-order valence-corrected chi connectivity index (χ3v) is 6.38. The molecule has 8 heteroatoms. The van der Waals surface area contributed by atoms with Crippen molar-refractivity contribution in [3.05, 3.63) is 124 Å². The molecule has 8 bridgehead atoms. The van der Waals surface area contributed by atoms with Crippen LogP contribution in [0.4, 0.5) is 0 Å². The summed E-state index contributed by atoms with van der Waals surface area (Å²) in [6.45, 7) is 0. The minimum atomic E-state index is -3.03. The van der Waals surface area contributed by atoms with E-state index in [1.165, 1.54) is 0 Å². The van der Waals surface area contributed by atoms with E-state index in [0.29, 0.717) is 34.0 Å². The topological polar surface area (TPSA) is 104 Å². The minimum Gasteiger partial charge on any atom is -0.504 e. The normalized spacial score (nSPS) is 20.2. The molecule has 0 radical (unpaired) electrons. The van der Waals surface area contributed by atoms with Gasteiger partial charge in [-0.3, -0.25) is 0 Å². The van der Waals surface area contributed by atoms with Gasteiger partial charge in [-0.15, -0.1) is 0 Å². The average Bonchev–Trinajstić information content (AvgIpc) is 3.62. The van der Waals surface area contributed by atoms with E-state index in [1.807, 2.05) is 30.4 Å². The molecule has 6 rings (SSSR count). The predicted octanol–water partition coefficient (Wildman–Crippen LogP) is 5.49. The molecule has 1 N–H and O–H groups in total. The van der Waals surface area contributed by atoms with Crippen molar-refractivity contribution in [3.63, 3.8) is 0 Å². The third kappa shape index (κ3) is 3.49. The zero-order valence-corrected chi connectivity index (χ0v) is 18.5. The lowest BCUT2D eigenvalue weighted by atomic mass is 10.0. The Bertz CT molecular complexity index is 1610. The summed E-state index contributed by atoms with van der Waals surface area (Å²) < 4.78 is 24.9. The molecule has 5 aliphatic rings. The van der Waals surface area contributed by atoms with Crippen LogP contribution in [0.1, 0.15) is 5.56 Å². The van der Waals surface area contributed by atoms with E-state index in [9.17, 15) is 14.2 Å². The van der Waals surface area contributed by atoms with E-state index in [2.05, 4.69) is 20.0 Å². The van der Waals surface area contributed by atoms with Crippen LogP contribution in [0.5, 0.6) is 0 Å².